The first-order valence-electron chi connectivity index (χ1n) is 7.95. The summed E-state index contributed by atoms with van der Waals surface area (Å²) >= 11 is 1.60. The van der Waals surface area contributed by atoms with Crippen molar-refractivity contribution in [1.29, 1.82) is 0 Å². The van der Waals surface area contributed by atoms with Gasteiger partial charge >= 0.3 is 0 Å². The Balaban J connectivity index is 1.78. The van der Waals surface area contributed by atoms with E-state index in [4.69, 9.17) is 4.74 Å². The van der Waals surface area contributed by atoms with Gasteiger partial charge in [-0.15, -0.1) is 0 Å². The summed E-state index contributed by atoms with van der Waals surface area (Å²) in [6, 6.07) is 2.02. The number of thiophene rings is 1. The number of hydrogen-bond acceptors (Lipinski definition) is 5. The molecule has 0 unspecified atom stereocenters. The molecular formula is C15H24N2O4S2. The van der Waals surface area contributed by atoms with Gasteiger partial charge in [0.25, 0.3) is 10.2 Å². The van der Waals surface area contributed by atoms with Gasteiger partial charge in [0.15, 0.2) is 0 Å². The highest BCUT2D eigenvalue weighted by Crippen LogP contribution is 2.35. The van der Waals surface area contributed by atoms with Gasteiger partial charge in [-0.3, -0.25) is 0 Å². The molecule has 0 radical (unpaired) electrons. The van der Waals surface area contributed by atoms with E-state index in [0.717, 1.165) is 5.56 Å². The molecule has 2 aliphatic rings. The Morgan fingerprint density at radius 1 is 1.22 bits per heavy atom. The Kier molecular flexibility index (Phi) is 5.10. The molecule has 1 N–H and O–H groups in total. The molecular weight excluding hydrogens is 336 g/mol. The third-order valence-corrected chi connectivity index (χ3v) is 7.25. The number of aliphatic hydroxyl groups is 1. The minimum absolute atomic E-state index is 0.00243. The van der Waals surface area contributed by atoms with Crippen LogP contribution < -0.4 is 0 Å². The predicted molar refractivity (Wildman–Crippen MR) is 89.7 cm³/mol. The van der Waals surface area contributed by atoms with Crippen LogP contribution in [0.4, 0.5) is 0 Å². The topological polar surface area (TPSA) is 70.1 Å². The molecule has 6 nitrogen and oxygen atoms in total. The van der Waals surface area contributed by atoms with Crippen molar-refractivity contribution in [2.75, 3.05) is 32.8 Å². The molecule has 130 valence electrons. The van der Waals surface area contributed by atoms with Crippen molar-refractivity contribution in [3.8, 4) is 0 Å². The van der Waals surface area contributed by atoms with Crippen LogP contribution in [0.1, 0.15) is 25.3 Å². The van der Waals surface area contributed by atoms with Crippen molar-refractivity contribution in [2.45, 2.75) is 32.0 Å². The molecule has 2 aliphatic heterocycles. The van der Waals surface area contributed by atoms with Crippen LogP contribution in [-0.4, -0.2) is 67.1 Å². The van der Waals surface area contributed by atoms with Gasteiger partial charge in [0.05, 0.1) is 12.2 Å². The summed E-state index contributed by atoms with van der Waals surface area (Å²) in [5, 5.41) is 13.7. The van der Waals surface area contributed by atoms with Crippen molar-refractivity contribution in [2.24, 2.45) is 5.92 Å². The van der Waals surface area contributed by atoms with Gasteiger partial charge in [-0.1, -0.05) is 0 Å². The third kappa shape index (κ3) is 3.47. The van der Waals surface area contributed by atoms with E-state index in [9.17, 15) is 13.5 Å². The van der Waals surface area contributed by atoms with Gasteiger partial charge in [0, 0.05) is 44.6 Å². The van der Waals surface area contributed by atoms with Crippen molar-refractivity contribution in [3.63, 3.8) is 0 Å². The summed E-state index contributed by atoms with van der Waals surface area (Å²) in [4.78, 5) is 0. The minimum atomic E-state index is -3.52. The van der Waals surface area contributed by atoms with E-state index in [1.54, 1.807) is 11.3 Å². The lowest BCUT2D eigenvalue weighted by Gasteiger charge is -2.36. The van der Waals surface area contributed by atoms with Crippen LogP contribution >= 0.6 is 11.3 Å². The molecule has 3 rings (SSSR count). The second-order valence-electron chi connectivity index (χ2n) is 6.50. The normalized spacial score (nSPS) is 34.0. The first-order chi connectivity index (χ1) is 10.9. The largest absolute Gasteiger partial charge is 0.396 e. The lowest BCUT2D eigenvalue weighted by atomic mass is 9.92. The number of ether oxygens (including phenoxy) is 1. The minimum Gasteiger partial charge on any atom is -0.396 e. The molecule has 0 aliphatic carbocycles. The zero-order chi connectivity index (χ0) is 16.6. The second kappa shape index (κ2) is 6.78. The van der Waals surface area contributed by atoms with Crippen LogP contribution in [0.15, 0.2) is 16.8 Å². The molecule has 8 heteroatoms. The molecule has 1 aromatic heterocycles. The van der Waals surface area contributed by atoms with Gasteiger partial charge in [-0.2, -0.15) is 28.4 Å². The Morgan fingerprint density at radius 3 is 2.43 bits per heavy atom. The molecule has 0 amide bonds. The van der Waals surface area contributed by atoms with E-state index in [-0.39, 0.29) is 30.7 Å². The van der Waals surface area contributed by atoms with E-state index in [1.807, 2.05) is 30.7 Å². The van der Waals surface area contributed by atoms with E-state index in [2.05, 4.69) is 0 Å². The molecule has 0 bridgehead atoms. The van der Waals surface area contributed by atoms with Gasteiger partial charge in [0.2, 0.25) is 0 Å². The fourth-order valence-corrected chi connectivity index (χ4v) is 6.13. The highest BCUT2D eigenvalue weighted by molar-refractivity contribution is 7.86. The maximum atomic E-state index is 13.0. The summed E-state index contributed by atoms with van der Waals surface area (Å²) in [6.07, 6.45) is -0.199. The van der Waals surface area contributed by atoms with Gasteiger partial charge in [-0.05, 0) is 36.2 Å². The Morgan fingerprint density at radius 2 is 1.87 bits per heavy atom. The first-order valence-corrected chi connectivity index (χ1v) is 10.3. The maximum Gasteiger partial charge on any atom is 0.282 e. The molecule has 0 saturated carbocycles. The Labute approximate surface area is 141 Å². The molecule has 3 heterocycles. The molecule has 2 fully saturated rings. The maximum absolute atomic E-state index is 13.0. The van der Waals surface area contributed by atoms with Crippen LogP contribution in [-0.2, 0) is 14.9 Å². The highest BCUT2D eigenvalue weighted by Gasteiger charge is 2.43. The van der Waals surface area contributed by atoms with Crippen molar-refractivity contribution < 1.29 is 18.3 Å². The summed E-state index contributed by atoms with van der Waals surface area (Å²) in [7, 11) is -3.52. The van der Waals surface area contributed by atoms with E-state index in [1.165, 1.54) is 8.61 Å². The quantitative estimate of drug-likeness (QED) is 0.873. The zero-order valence-electron chi connectivity index (χ0n) is 13.5. The average Bonchev–Trinajstić information content (AvgIpc) is 3.15. The van der Waals surface area contributed by atoms with Gasteiger partial charge in [0.1, 0.15) is 0 Å². The number of morpholine rings is 1. The van der Waals surface area contributed by atoms with Crippen LogP contribution in [0.3, 0.4) is 0 Å². The van der Waals surface area contributed by atoms with Crippen LogP contribution in [0.2, 0.25) is 0 Å². The average molecular weight is 361 g/mol. The second-order valence-corrected chi connectivity index (χ2v) is 9.21. The van der Waals surface area contributed by atoms with E-state index < -0.39 is 10.2 Å². The smallest absolute Gasteiger partial charge is 0.282 e. The number of nitrogens with zero attached hydrogens (tertiary/aromatic N) is 2. The fraction of sp³-hybridized carbons (Fsp3) is 0.733. The van der Waals surface area contributed by atoms with Crippen LogP contribution in [0.25, 0.3) is 0 Å². The zero-order valence-corrected chi connectivity index (χ0v) is 15.1. The molecule has 2 saturated heterocycles. The summed E-state index contributed by atoms with van der Waals surface area (Å²) < 4.78 is 34.6. The molecule has 23 heavy (non-hydrogen) atoms. The third-order valence-electron chi connectivity index (χ3n) is 4.65. The Hall–Kier alpha value is -0.510. The van der Waals surface area contributed by atoms with Crippen molar-refractivity contribution >= 4 is 21.5 Å². The first kappa shape index (κ1) is 17.3. The summed E-state index contributed by atoms with van der Waals surface area (Å²) in [6.45, 7) is 5.37. The summed E-state index contributed by atoms with van der Waals surface area (Å²) in [5.74, 6) is 0.0205. The number of rotatable bonds is 4. The van der Waals surface area contributed by atoms with Gasteiger partial charge in [-0.25, -0.2) is 0 Å². The van der Waals surface area contributed by atoms with Crippen LogP contribution in [0, 0.1) is 5.92 Å². The molecule has 0 spiro atoms. The Bertz CT molecular complexity index is 609. The molecule has 0 aromatic carbocycles. The predicted octanol–water partition coefficient (Wildman–Crippen LogP) is 1.11. The van der Waals surface area contributed by atoms with Crippen molar-refractivity contribution in [1.82, 2.24) is 8.61 Å². The SMILES string of the molecule is C[C@@H]1CN(S(=O)(=O)N2C[C@H](CO)[C@@H](c3ccsc3)C2)C[C@@H](C)O1. The van der Waals surface area contributed by atoms with Gasteiger partial charge < -0.3 is 9.84 Å². The van der Waals surface area contributed by atoms with Crippen molar-refractivity contribution in [3.05, 3.63) is 22.4 Å². The lowest BCUT2D eigenvalue weighted by Crippen LogP contribution is -2.52. The number of hydrogen-bond donors (Lipinski definition) is 1. The van der Waals surface area contributed by atoms with E-state index in [0.29, 0.717) is 26.2 Å². The standard InChI is InChI=1S/C15H24N2O4S2/c1-11-5-16(6-12(2)21-11)23(19,20)17-7-14(9-18)15(8-17)13-3-4-22-10-13/h3-4,10-12,14-15,18H,5-9H2,1-2H3/t11-,12-,14-,15-/m1/s1. The summed E-state index contributed by atoms with van der Waals surface area (Å²) in [5.41, 5.74) is 1.12. The number of aliphatic hydroxyl groups excluding tert-OH is 1. The highest BCUT2D eigenvalue weighted by atomic mass is 32.2. The molecule has 1 aromatic rings. The monoisotopic (exact) mass is 360 g/mol. The molecule has 4 atom stereocenters. The fourth-order valence-electron chi connectivity index (χ4n) is 3.55. The van der Waals surface area contributed by atoms with E-state index >= 15 is 0 Å². The van der Waals surface area contributed by atoms with Crippen LogP contribution in [0.5, 0.6) is 0 Å². The lowest BCUT2D eigenvalue weighted by molar-refractivity contribution is -0.0453.